The molecule has 0 aromatic rings. The molecule has 0 rings (SSSR count). The maximum absolute atomic E-state index is 9.81. The van der Waals surface area contributed by atoms with Gasteiger partial charge in [-0.15, -0.1) is 0 Å². The van der Waals surface area contributed by atoms with Crippen LogP contribution in [0.3, 0.4) is 0 Å². The van der Waals surface area contributed by atoms with Crippen LogP contribution < -0.4 is 0 Å². The summed E-state index contributed by atoms with van der Waals surface area (Å²) < 4.78 is 0. The molecule has 0 heterocycles. The molecule has 0 fully saturated rings. The number of ketones is 1. The second kappa shape index (κ2) is 1.94. The van der Waals surface area contributed by atoms with Gasteiger partial charge in [0.05, 0.1) is 0 Å². The van der Waals surface area contributed by atoms with Crippen LogP contribution in [0.5, 0.6) is 0 Å². The molecule has 0 atom stereocenters. The summed E-state index contributed by atoms with van der Waals surface area (Å²) in [5.74, 6) is 0.255. The number of Topliss-reactive ketones (excluding diaryl/α,β-unsaturated/α-hetero) is 1. The van der Waals surface area contributed by atoms with Crippen LogP contribution in [0.15, 0.2) is 0 Å². The van der Waals surface area contributed by atoms with Gasteiger partial charge in [-0.2, -0.15) is 0 Å². The van der Waals surface area contributed by atoms with Crippen LogP contribution in [0.25, 0.3) is 0 Å². The zero-order chi connectivity index (χ0) is 4.28. The van der Waals surface area contributed by atoms with Crippen LogP contribution in [-0.2, 0) is 4.79 Å². The Morgan fingerprint density at radius 3 is 2.00 bits per heavy atom. The highest BCUT2D eigenvalue weighted by Crippen LogP contribution is 1.71. The van der Waals surface area contributed by atoms with Gasteiger partial charge in [-0.3, -0.25) is 0 Å². The van der Waals surface area contributed by atoms with E-state index in [9.17, 15) is 4.79 Å². The summed E-state index contributed by atoms with van der Waals surface area (Å²) in [5, 5.41) is 0. The maximum Gasteiger partial charge on any atom is 0.129 e. The molecule has 0 radical (unpaired) electrons. The normalized spacial score (nSPS) is 7.60. The van der Waals surface area contributed by atoms with Crippen molar-refractivity contribution in [3.05, 3.63) is 0 Å². The van der Waals surface area contributed by atoms with Gasteiger partial charge in [0.2, 0.25) is 0 Å². The van der Waals surface area contributed by atoms with Crippen LogP contribution in [0.4, 0.5) is 0 Å². The fourth-order valence-corrected chi connectivity index (χ4v) is 0. The minimum atomic E-state index is 0.255. The molecule has 1 heteroatoms. The van der Waals surface area contributed by atoms with E-state index in [1.165, 1.54) is 0 Å². The number of rotatable bonds is 1. The number of hydrogen-bond acceptors (Lipinski definition) is 1. The first-order valence-corrected chi connectivity index (χ1v) is 1.76. The number of carbonyl (C=O) groups excluding carboxylic acids is 1. The van der Waals surface area contributed by atoms with Crippen molar-refractivity contribution in [3.8, 4) is 0 Å². The largest absolute Gasteiger partial charge is 0.300 e. The van der Waals surface area contributed by atoms with Crippen molar-refractivity contribution in [3.63, 3.8) is 0 Å². The Morgan fingerprint density at radius 2 is 2.00 bits per heavy atom. The summed E-state index contributed by atoms with van der Waals surface area (Å²) in [4.78, 5) is 9.81. The van der Waals surface area contributed by atoms with Crippen LogP contribution in [0.1, 0.15) is 20.3 Å². The van der Waals surface area contributed by atoms with Crippen LogP contribution in [-0.4, -0.2) is 5.78 Å². The molecule has 0 bridgehead atoms. The van der Waals surface area contributed by atoms with Crippen molar-refractivity contribution in [2.75, 3.05) is 0 Å². The summed E-state index contributed by atoms with van der Waals surface area (Å²) in [7, 11) is 0. The highest BCUT2D eigenvalue weighted by atomic mass is 17.1. The van der Waals surface area contributed by atoms with Crippen molar-refractivity contribution in [2.24, 2.45) is 0 Å². The van der Waals surface area contributed by atoms with E-state index in [1.807, 2.05) is 6.92 Å². The zero-order valence-electron chi connectivity index (χ0n) is 3.62. The Kier molecular flexibility index (Phi) is 1.81. The molecular formula is C4H8O. The predicted octanol–water partition coefficient (Wildman–Crippen LogP) is 0.985. The monoisotopic (exact) mass is 73.1 g/mol. The lowest BCUT2D eigenvalue weighted by Gasteiger charge is -1.71. The first-order chi connectivity index (χ1) is 2.27. The van der Waals surface area contributed by atoms with E-state index in [0.717, 1.165) is 0 Å². The van der Waals surface area contributed by atoms with E-state index in [4.69, 9.17) is 0 Å². The average Bonchev–Trinajstić information content (AvgIpc) is 1.38. The summed E-state index contributed by atoms with van der Waals surface area (Å²) in [6, 6.07) is 0. The third-order valence-electron chi connectivity index (χ3n) is 0.498. The number of hydrogen-bond donors (Lipinski definition) is 0. The molecule has 0 aromatic heterocycles. The summed E-state index contributed by atoms with van der Waals surface area (Å²) in [6.07, 6.45) is 0.667. The van der Waals surface area contributed by atoms with Gasteiger partial charge < -0.3 is 4.79 Å². The molecule has 0 unspecified atom stereocenters. The van der Waals surface area contributed by atoms with Gasteiger partial charge in [-0.25, -0.2) is 0 Å². The highest BCUT2D eigenvalue weighted by Gasteiger charge is 1.76. The van der Waals surface area contributed by atoms with Crippen molar-refractivity contribution in [2.45, 2.75) is 20.3 Å². The molecule has 0 saturated carbocycles. The second-order valence-corrected chi connectivity index (χ2v) is 1.06. The topological polar surface area (TPSA) is 17.1 Å². The van der Waals surface area contributed by atoms with E-state index in [0.29, 0.717) is 6.42 Å². The quantitative estimate of drug-likeness (QED) is 0.452. The van der Waals surface area contributed by atoms with Gasteiger partial charge in [0.1, 0.15) is 5.78 Å². The molecule has 0 N–H and O–H groups in total. The SMILES string of the molecule is CCC(C)=[17O]. The van der Waals surface area contributed by atoms with E-state index in [1.54, 1.807) is 6.92 Å². The molecule has 0 spiro atoms. The fourth-order valence-electron chi connectivity index (χ4n) is 0. The Labute approximate surface area is 32.0 Å². The zero-order valence-corrected chi connectivity index (χ0v) is 3.62. The molecule has 5 heavy (non-hydrogen) atoms. The van der Waals surface area contributed by atoms with Crippen LogP contribution >= 0.6 is 0 Å². The van der Waals surface area contributed by atoms with E-state index >= 15 is 0 Å². The van der Waals surface area contributed by atoms with E-state index in [2.05, 4.69) is 0 Å². The molecule has 1 nitrogen and oxygen atoms in total. The lowest BCUT2D eigenvalue weighted by Crippen LogP contribution is -1.80. The lowest BCUT2D eigenvalue weighted by atomic mass is 10.4. The molecule has 0 saturated heterocycles. The van der Waals surface area contributed by atoms with Gasteiger partial charge >= 0.3 is 0 Å². The third-order valence-corrected chi connectivity index (χ3v) is 0.498. The van der Waals surface area contributed by atoms with Crippen LogP contribution in [0.2, 0.25) is 0 Å². The number of carbonyl (C=O) groups is 1. The first kappa shape index (κ1) is 4.67. The lowest BCUT2D eigenvalue weighted by molar-refractivity contribution is -0.116. The second-order valence-electron chi connectivity index (χ2n) is 1.06. The summed E-state index contributed by atoms with van der Waals surface area (Å²) in [6.45, 7) is 3.43. The van der Waals surface area contributed by atoms with Gasteiger partial charge in [0.25, 0.3) is 0 Å². The molecule has 0 aliphatic heterocycles. The standard InChI is InChI=1S/C4H8O/c1-3-4(2)5/h3H2,1-2H3/i5+1. The summed E-state index contributed by atoms with van der Waals surface area (Å²) in [5.41, 5.74) is 0. The Morgan fingerprint density at radius 1 is 1.80 bits per heavy atom. The molecular weight excluding hydrogens is 65.0 g/mol. The van der Waals surface area contributed by atoms with Crippen molar-refractivity contribution in [1.29, 1.82) is 0 Å². The van der Waals surface area contributed by atoms with Crippen molar-refractivity contribution >= 4 is 5.78 Å². The maximum atomic E-state index is 9.81. The molecule has 30 valence electrons. The smallest absolute Gasteiger partial charge is 0.129 e. The van der Waals surface area contributed by atoms with Gasteiger partial charge in [0, 0.05) is 6.42 Å². The van der Waals surface area contributed by atoms with Crippen molar-refractivity contribution < 1.29 is 4.79 Å². The van der Waals surface area contributed by atoms with Gasteiger partial charge in [0.15, 0.2) is 0 Å². The molecule has 0 aromatic carbocycles. The predicted molar refractivity (Wildman–Crippen MR) is 21.0 cm³/mol. The van der Waals surface area contributed by atoms with Gasteiger partial charge in [-0.1, -0.05) is 6.92 Å². The third kappa shape index (κ3) is 3.67. The van der Waals surface area contributed by atoms with Gasteiger partial charge in [-0.05, 0) is 6.92 Å². The highest BCUT2D eigenvalue weighted by molar-refractivity contribution is 5.74. The van der Waals surface area contributed by atoms with E-state index < -0.39 is 0 Å². The Hall–Kier alpha value is -0.330. The Balaban J connectivity index is 2.85. The van der Waals surface area contributed by atoms with Crippen molar-refractivity contribution in [1.82, 2.24) is 0 Å². The Bertz CT molecular complexity index is 38.9. The molecule has 0 amide bonds. The first-order valence-electron chi connectivity index (χ1n) is 1.76. The average molecular weight is 73.1 g/mol. The van der Waals surface area contributed by atoms with Crippen LogP contribution in [0, 0.1) is 0 Å². The fraction of sp³-hybridized carbons (Fsp3) is 0.750. The summed E-state index contributed by atoms with van der Waals surface area (Å²) >= 11 is 0. The minimum Gasteiger partial charge on any atom is -0.300 e. The molecule has 0 aliphatic rings. The minimum absolute atomic E-state index is 0.255. The molecule has 0 aliphatic carbocycles. The van der Waals surface area contributed by atoms with E-state index in [-0.39, 0.29) is 5.78 Å².